The van der Waals surface area contributed by atoms with Crippen LogP contribution in [-0.4, -0.2) is 37.0 Å². The molecule has 0 bridgehead atoms. The molecule has 0 spiro atoms. The molecule has 0 aliphatic heterocycles. The van der Waals surface area contributed by atoms with Crippen molar-refractivity contribution in [2.24, 2.45) is 0 Å². The van der Waals surface area contributed by atoms with Crippen molar-refractivity contribution in [3.05, 3.63) is 72.8 Å². The number of hydrogen-bond donors (Lipinski definition) is 0. The first-order valence-electron chi connectivity index (χ1n) is 6.36. The third kappa shape index (κ3) is 19.6. The Morgan fingerprint density at radius 1 is 0.552 bits per heavy atom. The van der Waals surface area contributed by atoms with E-state index in [1.165, 1.54) is 0 Å². The Labute approximate surface area is 177 Å². The van der Waals surface area contributed by atoms with Crippen molar-refractivity contribution in [3.63, 3.8) is 0 Å². The molecular weight excluding hydrogens is 626 g/mol. The molecule has 0 fully saturated rings. The fraction of sp³-hybridized carbons (Fsp3) is 0.143. The molecule has 0 heterocycles. The minimum Gasteiger partial charge on any atom is -0.741 e. The van der Waals surface area contributed by atoms with Crippen LogP contribution in [0.15, 0.2) is 60.7 Å². The summed E-state index contributed by atoms with van der Waals surface area (Å²) in [5.74, 6) is 0. The number of hydrogen-bond acceptors (Lipinski definition) is 6. The second kappa shape index (κ2) is 14.5. The first-order valence-corrected chi connectivity index (χ1v) is 9.18. The average molecular weight is 636 g/mol. The predicted molar refractivity (Wildman–Crippen MR) is 82.1 cm³/mol. The minimum atomic E-state index is -6.09. The number of halogens is 6. The van der Waals surface area contributed by atoms with E-state index in [1.807, 2.05) is 60.7 Å². The van der Waals surface area contributed by atoms with Crippen molar-refractivity contribution < 1.29 is 73.3 Å². The van der Waals surface area contributed by atoms with Gasteiger partial charge in [0.2, 0.25) is 0 Å². The van der Waals surface area contributed by atoms with Crippen LogP contribution in [0, 0.1) is 12.1 Å². The van der Waals surface area contributed by atoms with Crippen LogP contribution in [0.25, 0.3) is 0 Å². The molecule has 164 valence electrons. The van der Waals surface area contributed by atoms with Crippen LogP contribution < -0.4 is 0 Å². The molecule has 0 radical (unpaired) electrons. The molecule has 0 unspecified atom stereocenters. The maximum Gasteiger partial charge on any atom is 2.00 e. The normalized spacial score (nSPS) is 11.0. The standard InChI is InChI=1S/2C6H5.2CHF3O3S.W/c2*1-2-4-6-5-3-1;2*2-1(3,4)8(5,6)7;/h2*1-5H;2*(H,5,6,7);/q2*-1;;;+2/p-2. The summed E-state index contributed by atoms with van der Waals surface area (Å²) < 4.78 is 118. The Bertz CT molecular complexity index is 715. The molecule has 6 nitrogen and oxygen atoms in total. The van der Waals surface area contributed by atoms with Crippen molar-refractivity contribution >= 4 is 20.2 Å². The SMILES string of the molecule is O=S(=O)([O-])C(F)(F)F.O=S(=O)([O-])C(F)(F)F.[W+2].[c-]1ccccc1.[c-]1ccccc1. The van der Waals surface area contributed by atoms with Gasteiger partial charge < -0.3 is 9.11 Å². The van der Waals surface area contributed by atoms with Crippen molar-refractivity contribution in [1.29, 1.82) is 0 Å². The zero-order valence-electron chi connectivity index (χ0n) is 13.7. The van der Waals surface area contributed by atoms with E-state index in [2.05, 4.69) is 12.1 Å². The van der Waals surface area contributed by atoms with Gasteiger partial charge in [0.15, 0.2) is 20.2 Å². The zero-order chi connectivity index (χ0) is 22.5. The van der Waals surface area contributed by atoms with Crippen molar-refractivity contribution in [2.45, 2.75) is 11.0 Å². The van der Waals surface area contributed by atoms with E-state index < -0.39 is 31.3 Å². The zero-order valence-corrected chi connectivity index (χ0v) is 18.3. The summed E-state index contributed by atoms with van der Waals surface area (Å²) in [4.78, 5) is 0. The van der Waals surface area contributed by atoms with Gasteiger partial charge in [0.25, 0.3) is 0 Å². The Morgan fingerprint density at radius 2 is 0.724 bits per heavy atom. The van der Waals surface area contributed by atoms with E-state index in [0.29, 0.717) is 0 Å². The third-order valence-electron chi connectivity index (χ3n) is 1.78. The smallest absolute Gasteiger partial charge is 0.741 e. The number of benzene rings is 2. The van der Waals surface area contributed by atoms with Crippen LogP contribution in [0.5, 0.6) is 0 Å². The number of rotatable bonds is 0. The van der Waals surface area contributed by atoms with Gasteiger partial charge in [-0.1, -0.05) is 0 Å². The van der Waals surface area contributed by atoms with Gasteiger partial charge in [-0.3, -0.25) is 0 Å². The van der Waals surface area contributed by atoms with Gasteiger partial charge in [0.05, 0.1) is 0 Å². The maximum atomic E-state index is 10.7. The van der Waals surface area contributed by atoms with E-state index in [4.69, 9.17) is 25.9 Å². The van der Waals surface area contributed by atoms with E-state index in [-0.39, 0.29) is 21.1 Å². The Kier molecular flexibility index (Phi) is 16.1. The van der Waals surface area contributed by atoms with Gasteiger partial charge in [0, 0.05) is 0 Å². The van der Waals surface area contributed by atoms with E-state index in [0.717, 1.165) is 0 Å². The first-order chi connectivity index (χ1) is 12.5. The quantitative estimate of drug-likeness (QED) is 0.190. The third-order valence-corrected chi connectivity index (χ3v) is 2.92. The fourth-order valence-electron chi connectivity index (χ4n) is 0.684. The number of alkyl halides is 6. The monoisotopic (exact) mass is 636 g/mol. The average Bonchev–Trinajstić information content (AvgIpc) is 2.56. The van der Waals surface area contributed by atoms with Gasteiger partial charge in [-0.25, -0.2) is 16.8 Å². The van der Waals surface area contributed by atoms with Gasteiger partial charge in [-0.2, -0.15) is 99.1 Å². The van der Waals surface area contributed by atoms with Crippen LogP contribution in [-0.2, 0) is 41.3 Å². The molecule has 0 N–H and O–H groups in total. The van der Waals surface area contributed by atoms with Crippen LogP contribution >= 0.6 is 0 Å². The van der Waals surface area contributed by atoms with E-state index in [9.17, 15) is 26.3 Å². The summed E-state index contributed by atoms with van der Waals surface area (Å²) in [5.41, 5.74) is -11.3. The molecule has 2 aromatic carbocycles. The summed E-state index contributed by atoms with van der Waals surface area (Å²) in [6.07, 6.45) is 0. The van der Waals surface area contributed by atoms with Crippen molar-refractivity contribution in [2.75, 3.05) is 0 Å². The molecule has 0 atom stereocenters. The van der Waals surface area contributed by atoms with Crippen LogP contribution in [0.1, 0.15) is 0 Å². The van der Waals surface area contributed by atoms with E-state index >= 15 is 0 Å². The summed E-state index contributed by atoms with van der Waals surface area (Å²) in [5, 5.41) is 0. The summed E-state index contributed by atoms with van der Waals surface area (Å²) in [6.45, 7) is 0. The molecule has 2 aromatic rings. The van der Waals surface area contributed by atoms with E-state index in [1.54, 1.807) is 0 Å². The minimum absolute atomic E-state index is 0. The fourth-order valence-corrected chi connectivity index (χ4v) is 0.684. The van der Waals surface area contributed by atoms with Crippen LogP contribution in [0.3, 0.4) is 0 Å². The molecule has 15 heteroatoms. The van der Waals surface area contributed by atoms with Gasteiger partial charge in [-0.15, -0.1) is 0 Å². The second-order valence-electron chi connectivity index (χ2n) is 3.95. The van der Waals surface area contributed by atoms with Gasteiger partial charge >= 0.3 is 32.1 Å². The predicted octanol–water partition coefficient (Wildman–Crippen LogP) is 3.07. The van der Waals surface area contributed by atoms with Gasteiger partial charge in [-0.05, 0) is 0 Å². The Hall–Kier alpha value is -1.47. The largest absolute Gasteiger partial charge is 2.00 e. The molecule has 2 rings (SSSR count). The molecule has 0 saturated carbocycles. The van der Waals surface area contributed by atoms with Crippen molar-refractivity contribution in [3.8, 4) is 0 Å². The first kappa shape index (κ1) is 32.2. The maximum absolute atomic E-state index is 10.7. The molecule has 0 aliphatic carbocycles. The van der Waals surface area contributed by atoms with Crippen LogP contribution in [0.4, 0.5) is 26.3 Å². The molecule has 0 aliphatic rings. The molecular formula is C14H10F6O6S2W-2. The molecule has 0 aromatic heterocycles. The second-order valence-corrected chi connectivity index (χ2v) is 6.70. The van der Waals surface area contributed by atoms with Crippen molar-refractivity contribution in [1.82, 2.24) is 0 Å². The molecule has 0 amide bonds. The molecule has 0 saturated heterocycles. The summed E-state index contributed by atoms with van der Waals surface area (Å²) in [6, 6.07) is 25.0. The summed E-state index contributed by atoms with van der Waals surface area (Å²) in [7, 11) is -12.2. The van der Waals surface area contributed by atoms with Crippen LogP contribution in [0.2, 0.25) is 0 Å². The summed E-state index contributed by atoms with van der Waals surface area (Å²) >= 11 is 0. The Balaban J connectivity index is -0.000000309. The molecule has 29 heavy (non-hydrogen) atoms. The topological polar surface area (TPSA) is 114 Å². The van der Waals surface area contributed by atoms with Gasteiger partial charge in [0.1, 0.15) is 0 Å². The Morgan fingerprint density at radius 3 is 0.759 bits per heavy atom.